The lowest BCUT2D eigenvalue weighted by atomic mass is 10.1. The summed E-state index contributed by atoms with van der Waals surface area (Å²) in [5.74, 6) is -2.19. The molecule has 0 spiro atoms. The van der Waals surface area contributed by atoms with Crippen LogP contribution in [0.25, 0.3) is 20.8 Å². The second-order valence-electron chi connectivity index (χ2n) is 5.52. The fraction of sp³-hybridized carbons (Fsp3) is 0.176. The molecule has 0 aliphatic rings. The maximum Gasteiger partial charge on any atom is 0.234 e. The van der Waals surface area contributed by atoms with Crippen molar-refractivity contribution < 1.29 is 13.6 Å². The Morgan fingerprint density at radius 3 is 2.31 bits per heavy atom. The standard InChI is InChI=1S/C14H10F2N2S.C3H8N2O.ClH/c1-7-4-8(2-3-11(7)17)14-18-12-5-9(15)10(16)6-13(12)19-14;1-2(4)3(5)6;/h2-6H,17H2,1H3;2H,4H2,1H3,(H2,5,6);1H/t;2-;/m.0./s1. The summed E-state index contributed by atoms with van der Waals surface area (Å²) in [6, 6.07) is 7.36. The maximum absolute atomic E-state index is 13.2. The Kier molecular flexibility index (Phi) is 7.43. The van der Waals surface area contributed by atoms with Gasteiger partial charge in [0.25, 0.3) is 0 Å². The average Bonchev–Trinajstić information content (AvgIpc) is 2.93. The Balaban J connectivity index is 0.000000422. The first-order chi connectivity index (χ1) is 11.7. The highest BCUT2D eigenvalue weighted by atomic mass is 35.5. The molecule has 3 rings (SSSR count). The fourth-order valence-electron chi connectivity index (χ4n) is 1.86. The van der Waals surface area contributed by atoms with Gasteiger partial charge >= 0.3 is 0 Å². The Hall–Kier alpha value is -2.29. The van der Waals surface area contributed by atoms with Gasteiger partial charge in [-0.1, -0.05) is 0 Å². The number of hydrogen-bond acceptors (Lipinski definition) is 5. The molecular weight excluding hydrogens is 382 g/mol. The van der Waals surface area contributed by atoms with Gasteiger partial charge in [-0.25, -0.2) is 13.8 Å². The van der Waals surface area contributed by atoms with E-state index < -0.39 is 23.6 Å². The van der Waals surface area contributed by atoms with E-state index in [2.05, 4.69) is 10.7 Å². The lowest BCUT2D eigenvalue weighted by Crippen LogP contribution is -2.32. The van der Waals surface area contributed by atoms with Gasteiger partial charge in [-0.2, -0.15) is 0 Å². The highest BCUT2D eigenvalue weighted by molar-refractivity contribution is 7.21. The van der Waals surface area contributed by atoms with E-state index in [-0.39, 0.29) is 12.4 Å². The molecule has 6 N–H and O–H groups in total. The molecule has 1 amide bonds. The zero-order valence-electron chi connectivity index (χ0n) is 14.1. The van der Waals surface area contributed by atoms with Crippen LogP contribution in [-0.2, 0) is 4.79 Å². The van der Waals surface area contributed by atoms with Crippen molar-refractivity contribution in [1.82, 2.24) is 4.98 Å². The molecule has 0 unspecified atom stereocenters. The Labute approximate surface area is 159 Å². The van der Waals surface area contributed by atoms with Gasteiger partial charge in [0.05, 0.1) is 16.3 Å². The van der Waals surface area contributed by atoms with E-state index in [4.69, 9.17) is 11.5 Å². The molecule has 0 saturated carbocycles. The van der Waals surface area contributed by atoms with Crippen LogP contribution in [0.3, 0.4) is 0 Å². The molecule has 0 fully saturated rings. The predicted octanol–water partition coefficient (Wildman–Crippen LogP) is 3.37. The van der Waals surface area contributed by atoms with Crippen LogP contribution in [0.4, 0.5) is 14.5 Å². The summed E-state index contributed by atoms with van der Waals surface area (Å²) in [6.07, 6.45) is 0. The topological polar surface area (TPSA) is 108 Å². The molecule has 5 nitrogen and oxygen atoms in total. The molecule has 1 aromatic heterocycles. The van der Waals surface area contributed by atoms with Gasteiger partial charge < -0.3 is 17.2 Å². The second kappa shape index (κ2) is 8.88. The average molecular weight is 401 g/mol. The molecule has 9 heteroatoms. The quantitative estimate of drug-likeness (QED) is 0.573. The molecule has 140 valence electrons. The van der Waals surface area contributed by atoms with Crippen molar-refractivity contribution in [2.45, 2.75) is 19.9 Å². The molecule has 0 radical (unpaired) electrons. The number of hydrogen-bond donors (Lipinski definition) is 3. The number of carbonyl (C=O) groups excluding carboxylic acids is 1. The maximum atomic E-state index is 13.2. The van der Waals surface area contributed by atoms with Crippen LogP contribution >= 0.6 is 23.7 Å². The fourth-order valence-corrected chi connectivity index (χ4v) is 2.82. The van der Waals surface area contributed by atoms with Crippen molar-refractivity contribution in [2.75, 3.05) is 5.73 Å². The van der Waals surface area contributed by atoms with Gasteiger partial charge in [0.2, 0.25) is 5.91 Å². The Morgan fingerprint density at radius 1 is 1.19 bits per heavy atom. The van der Waals surface area contributed by atoms with Crippen molar-refractivity contribution in [3.05, 3.63) is 47.5 Å². The molecule has 0 bridgehead atoms. The number of nitrogen functional groups attached to an aromatic ring is 1. The summed E-state index contributed by atoms with van der Waals surface area (Å²) in [4.78, 5) is 14.1. The molecule has 0 saturated heterocycles. The van der Waals surface area contributed by atoms with Gasteiger partial charge in [-0.3, -0.25) is 4.79 Å². The van der Waals surface area contributed by atoms with Crippen molar-refractivity contribution in [2.24, 2.45) is 11.5 Å². The smallest absolute Gasteiger partial charge is 0.234 e. The van der Waals surface area contributed by atoms with Crippen LogP contribution in [0.5, 0.6) is 0 Å². The largest absolute Gasteiger partial charge is 0.399 e. The zero-order chi connectivity index (χ0) is 18.7. The Bertz CT molecular complexity index is 892. The normalized spacial score (nSPS) is 11.3. The van der Waals surface area contributed by atoms with Crippen LogP contribution in [0, 0.1) is 18.6 Å². The van der Waals surface area contributed by atoms with Crippen LogP contribution < -0.4 is 17.2 Å². The third kappa shape index (κ3) is 5.10. The summed E-state index contributed by atoms with van der Waals surface area (Å²) in [5, 5.41) is 0.725. The molecule has 26 heavy (non-hydrogen) atoms. The summed E-state index contributed by atoms with van der Waals surface area (Å²) >= 11 is 1.33. The molecular formula is C17H19ClF2N4OS. The van der Waals surface area contributed by atoms with E-state index >= 15 is 0 Å². The SMILES string of the molecule is C[C@H](N)C(N)=O.Cc1cc(-c2nc3cc(F)c(F)cc3s2)ccc1N.Cl. The first-order valence-electron chi connectivity index (χ1n) is 7.36. The van der Waals surface area contributed by atoms with Crippen LogP contribution in [-0.4, -0.2) is 16.9 Å². The molecule has 2 aromatic carbocycles. The number of carbonyl (C=O) groups is 1. The van der Waals surface area contributed by atoms with Crippen molar-refractivity contribution >= 4 is 45.6 Å². The summed E-state index contributed by atoms with van der Waals surface area (Å²) in [6.45, 7) is 3.45. The molecule has 3 aromatic rings. The number of aryl methyl sites for hydroxylation is 1. The molecule has 0 aliphatic carbocycles. The summed E-state index contributed by atoms with van der Waals surface area (Å²) in [5.41, 5.74) is 18.4. The van der Waals surface area contributed by atoms with Gasteiger partial charge in [-0.05, 0) is 43.7 Å². The van der Waals surface area contributed by atoms with E-state index in [1.807, 2.05) is 19.1 Å². The third-order valence-corrected chi connectivity index (χ3v) is 4.46. The van der Waals surface area contributed by atoms with Crippen LogP contribution in [0.1, 0.15) is 12.5 Å². The minimum atomic E-state index is -0.877. The highest BCUT2D eigenvalue weighted by Crippen LogP contribution is 2.32. The number of rotatable bonds is 2. The number of fused-ring (bicyclic) bond motifs is 1. The van der Waals surface area contributed by atoms with E-state index in [0.717, 1.165) is 22.2 Å². The minimum Gasteiger partial charge on any atom is -0.399 e. The zero-order valence-corrected chi connectivity index (χ0v) is 15.8. The predicted molar refractivity (Wildman–Crippen MR) is 104 cm³/mol. The van der Waals surface area contributed by atoms with Crippen molar-refractivity contribution in [1.29, 1.82) is 0 Å². The number of amides is 1. The first kappa shape index (κ1) is 21.8. The van der Waals surface area contributed by atoms with Crippen LogP contribution in [0.2, 0.25) is 0 Å². The van der Waals surface area contributed by atoms with E-state index in [0.29, 0.717) is 15.9 Å². The monoisotopic (exact) mass is 400 g/mol. The summed E-state index contributed by atoms with van der Waals surface area (Å²) in [7, 11) is 0. The third-order valence-electron chi connectivity index (χ3n) is 3.40. The van der Waals surface area contributed by atoms with Gasteiger partial charge in [0.1, 0.15) is 5.01 Å². The van der Waals surface area contributed by atoms with E-state index in [1.165, 1.54) is 17.4 Å². The highest BCUT2D eigenvalue weighted by Gasteiger charge is 2.11. The number of benzene rings is 2. The lowest BCUT2D eigenvalue weighted by molar-refractivity contribution is -0.118. The number of halogens is 3. The van der Waals surface area contributed by atoms with Gasteiger partial charge in [-0.15, -0.1) is 23.7 Å². The first-order valence-corrected chi connectivity index (χ1v) is 8.17. The number of aromatic nitrogens is 1. The molecule has 0 aliphatic heterocycles. The summed E-state index contributed by atoms with van der Waals surface area (Å²) < 4.78 is 26.9. The van der Waals surface area contributed by atoms with Crippen molar-refractivity contribution in [3.63, 3.8) is 0 Å². The van der Waals surface area contributed by atoms with E-state index in [9.17, 15) is 13.6 Å². The minimum absolute atomic E-state index is 0. The number of primary amides is 1. The van der Waals surface area contributed by atoms with Crippen LogP contribution in [0.15, 0.2) is 30.3 Å². The number of nitrogens with zero attached hydrogens (tertiary/aromatic N) is 1. The second-order valence-corrected chi connectivity index (χ2v) is 6.55. The Morgan fingerprint density at radius 2 is 1.77 bits per heavy atom. The van der Waals surface area contributed by atoms with Gasteiger partial charge in [0.15, 0.2) is 11.6 Å². The van der Waals surface area contributed by atoms with Gasteiger partial charge in [0, 0.05) is 17.3 Å². The number of thiazole rings is 1. The number of anilines is 1. The number of nitrogens with two attached hydrogens (primary N) is 3. The molecule has 1 atom stereocenters. The van der Waals surface area contributed by atoms with Crippen molar-refractivity contribution in [3.8, 4) is 10.6 Å². The molecule has 1 heterocycles. The van der Waals surface area contributed by atoms with E-state index in [1.54, 1.807) is 13.0 Å². The lowest BCUT2D eigenvalue weighted by Gasteiger charge is -2.01.